The maximum Gasteiger partial charge on any atom is 0.245 e. The molecule has 0 aliphatic carbocycles. The number of nitrogens with zero attached hydrogens (tertiary/aromatic N) is 2. The number of aryl methyl sites for hydroxylation is 1. The van der Waals surface area contributed by atoms with Crippen molar-refractivity contribution in [3.05, 3.63) is 18.7 Å². The van der Waals surface area contributed by atoms with Crippen LogP contribution < -0.4 is 27.3 Å². The van der Waals surface area contributed by atoms with Crippen molar-refractivity contribution in [3.8, 4) is 0 Å². The lowest BCUT2D eigenvalue weighted by atomic mass is 10.3. The van der Waals surface area contributed by atoms with E-state index >= 15 is 0 Å². The van der Waals surface area contributed by atoms with Crippen LogP contribution in [0, 0.1) is 0 Å². The number of hydrogen-bond donors (Lipinski definition) is 1. The van der Waals surface area contributed by atoms with E-state index in [2.05, 4.69) is 24.0 Å². The molecule has 0 amide bonds. The van der Waals surface area contributed by atoms with Gasteiger partial charge in [-0.2, -0.15) is 0 Å². The van der Waals surface area contributed by atoms with Crippen LogP contribution in [0.5, 0.6) is 0 Å². The van der Waals surface area contributed by atoms with Crippen LogP contribution in [0.25, 0.3) is 0 Å². The van der Waals surface area contributed by atoms with Crippen molar-refractivity contribution < 1.29 is 21.5 Å². The summed E-state index contributed by atoms with van der Waals surface area (Å²) in [6.07, 6.45) is 8.68. The Labute approximate surface area is 90.3 Å². The summed E-state index contributed by atoms with van der Waals surface area (Å²) >= 11 is 0. The summed E-state index contributed by atoms with van der Waals surface area (Å²) in [5, 5.41) is 0. The van der Waals surface area contributed by atoms with E-state index in [1.165, 1.54) is 12.8 Å². The number of aromatic nitrogens is 2. The second-order valence-corrected chi connectivity index (χ2v) is 3.19. The van der Waals surface area contributed by atoms with Gasteiger partial charge in [0.2, 0.25) is 6.33 Å². The number of nitrogens with two attached hydrogens (primary N) is 1. The molecule has 0 fully saturated rings. The summed E-state index contributed by atoms with van der Waals surface area (Å²) in [7, 11) is 0. The molecule has 0 radical (unpaired) electrons. The zero-order chi connectivity index (χ0) is 8.97. The van der Waals surface area contributed by atoms with E-state index in [0.717, 1.165) is 6.54 Å². The molecule has 0 saturated carbocycles. The van der Waals surface area contributed by atoms with Gasteiger partial charge in [-0.3, -0.25) is 5.73 Å². The SMILES string of the molecule is CCCC[n+]1ccn(C(C)N)c1.[Br-]. The first kappa shape index (κ1) is 12.7. The van der Waals surface area contributed by atoms with Gasteiger partial charge in [-0.05, 0) is 13.3 Å². The predicted molar refractivity (Wildman–Crippen MR) is 48.4 cm³/mol. The Kier molecular flexibility index (Phi) is 5.99. The molecule has 0 aliphatic heterocycles. The molecule has 3 nitrogen and oxygen atoms in total. The van der Waals surface area contributed by atoms with E-state index in [1.807, 2.05) is 17.7 Å². The molecule has 0 spiro atoms. The number of rotatable bonds is 4. The molecule has 76 valence electrons. The minimum absolute atomic E-state index is 0. The Bertz CT molecular complexity index is 233. The average molecular weight is 248 g/mol. The van der Waals surface area contributed by atoms with Crippen molar-refractivity contribution in [3.63, 3.8) is 0 Å². The van der Waals surface area contributed by atoms with E-state index in [9.17, 15) is 0 Å². The minimum Gasteiger partial charge on any atom is -1.00 e. The van der Waals surface area contributed by atoms with Crippen molar-refractivity contribution in [1.29, 1.82) is 0 Å². The third-order valence-electron chi connectivity index (χ3n) is 1.95. The summed E-state index contributed by atoms with van der Waals surface area (Å²) in [4.78, 5) is 0. The maximum absolute atomic E-state index is 5.71. The number of hydrogen-bond acceptors (Lipinski definition) is 1. The van der Waals surface area contributed by atoms with Gasteiger partial charge in [-0.25, -0.2) is 9.13 Å². The first-order chi connectivity index (χ1) is 5.74. The van der Waals surface area contributed by atoms with Gasteiger partial charge in [0, 0.05) is 0 Å². The van der Waals surface area contributed by atoms with Crippen LogP contribution in [0.3, 0.4) is 0 Å². The molecule has 1 unspecified atom stereocenters. The molecule has 13 heavy (non-hydrogen) atoms. The molecule has 1 atom stereocenters. The van der Waals surface area contributed by atoms with E-state index in [4.69, 9.17) is 5.73 Å². The number of halogens is 1. The van der Waals surface area contributed by atoms with Gasteiger partial charge in [0.15, 0.2) is 0 Å². The van der Waals surface area contributed by atoms with Gasteiger partial charge < -0.3 is 17.0 Å². The predicted octanol–water partition coefficient (Wildman–Crippen LogP) is -1.94. The Hall–Kier alpha value is -0.350. The van der Waals surface area contributed by atoms with Crippen molar-refractivity contribution in [2.45, 2.75) is 39.4 Å². The zero-order valence-electron chi connectivity index (χ0n) is 8.28. The molecule has 1 aromatic heterocycles. The Balaban J connectivity index is 0.00000144. The van der Waals surface area contributed by atoms with Crippen molar-refractivity contribution in [2.24, 2.45) is 5.73 Å². The second-order valence-electron chi connectivity index (χ2n) is 3.19. The van der Waals surface area contributed by atoms with Crippen LogP contribution in [0.1, 0.15) is 32.9 Å². The molecule has 0 saturated heterocycles. The molecule has 1 rings (SSSR count). The monoisotopic (exact) mass is 247 g/mol. The van der Waals surface area contributed by atoms with Crippen LogP contribution in [0.15, 0.2) is 18.7 Å². The fraction of sp³-hybridized carbons (Fsp3) is 0.667. The van der Waals surface area contributed by atoms with Crippen molar-refractivity contribution >= 4 is 0 Å². The summed E-state index contributed by atoms with van der Waals surface area (Å²) in [5.41, 5.74) is 5.71. The molecule has 0 aromatic carbocycles. The highest BCUT2D eigenvalue weighted by Gasteiger charge is 2.05. The van der Waals surface area contributed by atoms with E-state index in [0.29, 0.717) is 0 Å². The molecule has 0 bridgehead atoms. The van der Waals surface area contributed by atoms with Gasteiger partial charge in [-0.15, -0.1) is 0 Å². The molecule has 1 aromatic rings. The maximum atomic E-state index is 5.71. The van der Waals surface area contributed by atoms with E-state index in [-0.39, 0.29) is 23.1 Å². The van der Waals surface area contributed by atoms with Crippen LogP contribution in [0.2, 0.25) is 0 Å². The van der Waals surface area contributed by atoms with Gasteiger partial charge >= 0.3 is 0 Å². The first-order valence-corrected chi connectivity index (χ1v) is 4.56. The molecule has 0 aliphatic rings. The Morgan fingerprint density at radius 3 is 2.69 bits per heavy atom. The topological polar surface area (TPSA) is 34.8 Å². The molecule has 4 heteroatoms. The molecular formula is C9H18BrN3. The van der Waals surface area contributed by atoms with Gasteiger partial charge in [0.05, 0.1) is 6.54 Å². The highest BCUT2D eigenvalue weighted by atomic mass is 79.9. The Morgan fingerprint density at radius 1 is 1.54 bits per heavy atom. The van der Waals surface area contributed by atoms with Crippen LogP contribution in [-0.4, -0.2) is 4.57 Å². The van der Waals surface area contributed by atoms with Crippen LogP contribution in [-0.2, 0) is 6.54 Å². The normalized spacial score (nSPS) is 12.2. The highest BCUT2D eigenvalue weighted by molar-refractivity contribution is 4.69. The summed E-state index contributed by atoms with van der Waals surface area (Å²) in [5.74, 6) is 0. The largest absolute Gasteiger partial charge is 1.00 e. The summed E-state index contributed by atoms with van der Waals surface area (Å²) < 4.78 is 4.18. The first-order valence-electron chi connectivity index (χ1n) is 4.56. The quantitative estimate of drug-likeness (QED) is 0.618. The van der Waals surface area contributed by atoms with Crippen molar-refractivity contribution in [1.82, 2.24) is 4.57 Å². The molecule has 2 N–H and O–H groups in total. The Morgan fingerprint density at radius 2 is 2.23 bits per heavy atom. The van der Waals surface area contributed by atoms with Crippen LogP contribution >= 0.6 is 0 Å². The summed E-state index contributed by atoms with van der Waals surface area (Å²) in [6.45, 7) is 5.27. The second kappa shape index (κ2) is 6.16. The standard InChI is InChI=1S/C9H18N3.BrH/c1-3-4-5-11-6-7-12(8-11)9(2)10;/h6-9H,3-5,10H2,1-2H3;1H/q+1;/p-1. The van der Waals surface area contributed by atoms with Crippen LogP contribution in [0.4, 0.5) is 0 Å². The van der Waals surface area contributed by atoms with Crippen molar-refractivity contribution in [2.75, 3.05) is 0 Å². The molecule has 1 heterocycles. The van der Waals surface area contributed by atoms with Gasteiger partial charge in [-0.1, -0.05) is 13.3 Å². The lowest BCUT2D eigenvalue weighted by molar-refractivity contribution is -0.697. The van der Waals surface area contributed by atoms with Gasteiger partial charge in [0.1, 0.15) is 18.6 Å². The number of unbranched alkanes of at least 4 members (excludes halogenated alkanes) is 1. The fourth-order valence-electron chi connectivity index (χ4n) is 1.12. The van der Waals surface area contributed by atoms with Gasteiger partial charge in [0.25, 0.3) is 0 Å². The smallest absolute Gasteiger partial charge is 0.245 e. The average Bonchev–Trinajstić information content (AvgIpc) is 2.48. The minimum atomic E-state index is 0. The van der Waals surface area contributed by atoms with E-state index < -0.39 is 0 Å². The highest BCUT2D eigenvalue weighted by Crippen LogP contribution is 1.94. The lowest BCUT2D eigenvalue weighted by Gasteiger charge is -1.97. The fourth-order valence-corrected chi connectivity index (χ4v) is 1.12. The van der Waals surface area contributed by atoms with E-state index in [1.54, 1.807) is 0 Å². The third kappa shape index (κ3) is 3.91. The number of imidazole rings is 1. The third-order valence-corrected chi connectivity index (χ3v) is 1.95. The molecular weight excluding hydrogens is 230 g/mol. The lowest BCUT2D eigenvalue weighted by Crippen LogP contribution is -3.00. The summed E-state index contributed by atoms with van der Waals surface area (Å²) in [6, 6.07) is 0. The zero-order valence-corrected chi connectivity index (χ0v) is 9.87.